The molecule has 0 radical (unpaired) electrons. The number of rotatable bonds is 1. The zero-order valence-corrected chi connectivity index (χ0v) is 12.6. The van der Waals surface area contributed by atoms with E-state index in [0.717, 1.165) is 31.2 Å². The number of carbonyl (C=O) groups is 1. The van der Waals surface area contributed by atoms with E-state index in [1.54, 1.807) is 6.07 Å². The summed E-state index contributed by atoms with van der Waals surface area (Å²) in [5, 5.41) is 0.00524. The van der Waals surface area contributed by atoms with Crippen molar-refractivity contribution in [2.75, 3.05) is 0 Å². The number of carbonyl (C=O) groups excluding carboxylic acids is 1. The van der Waals surface area contributed by atoms with Crippen LogP contribution in [0.5, 0.6) is 0 Å². The fourth-order valence-corrected chi connectivity index (χ4v) is 3.41. The summed E-state index contributed by atoms with van der Waals surface area (Å²) in [7, 11) is 0. The monoisotopic (exact) mass is 325 g/mol. The van der Waals surface area contributed by atoms with E-state index in [9.17, 15) is 18.0 Å². The van der Waals surface area contributed by atoms with Gasteiger partial charge in [-0.05, 0) is 36.5 Å². The van der Waals surface area contributed by atoms with Crippen LogP contribution in [0.1, 0.15) is 43.6 Å². The zero-order valence-electron chi connectivity index (χ0n) is 11.7. The number of benzene rings is 1. The Bertz CT molecular complexity index is 761. The van der Waals surface area contributed by atoms with Crippen LogP contribution in [0, 0.1) is 0 Å². The minimum atomic E-state index is -4.73. The number of halogens is 3. The minimum absolute atomic E-state index is 0.130. The van der Waals surface area contributed by atoms with Gasteiger partial charge in [0.05, 0.1) is 5.36 Å². The Labute approximate surface area is 130 Å². The van der Waals surface area contributed by atoms with Crippen LogP contribution in [0.25, 0.3) is 5.57 Å². The quantitative estimate of drug-likeness (QED) is 0.743. The van der Waals surface area contributed by atoms with Crippen LogP contribution >= 0.6 is 12.2 Å². The van der Waals surface area contributed by atoms with Crippen LogP contribution in [0.15, 0.2) is 23.2 Å². The molecule has 2 aliphatic rings. The van der Waals surface area contributed by atoms with Gasteiger partial charge in [0, 0.05) is 5.22 Å². The van der Waals surface area contributed by atoms with Gasteiger partial charge in [0.2, 0.25) is 5.78 Å². The maximum absolute atomic E-state index is 13.3. The first-order chi connectivity index (χ1) is 10.4. The number of Topliss-reactive ketones (excluding diaryl/α,β-unsaturated/α-hetero) is 1. The summed E-state index contributed by atoms with van der Waals surface area (Å²) in [5.74, 6) is -0.937. The van der Waals surface area contributed by atoms with Crippen LogP contribution in [-0.4, -0.2) is 16.9 Å². The predicted octanol–water partition coefficient (Wildman–Crippen LogP) is 2.98. The van der Waals surface area contributed by atoms with Crippen molar-refractivity contribution in [3.8, 4) is 0 Å². The summed E-state index contributed by atoms with van der Waals surface area (Å²) in [4.78, 5) is 15.1. The molecule has 3 rings (SSSR count). The maximum atomic E-state index is 13.3. The average Bonchev–Trinajstić information content (AvgIpc) is 2.47. The fourth-order valence-electron chi connectivity index (χ4n) is 3.21. The van der Waals surface area contributed by atoms with Gasteiger partial charge in [-0.25, -0.2) is 4.99 Å². The van der Waals surface area contributed by atoms with Crippen molar-refractivity contribution in [3.05, 3.63) is 34.3 Å². The normalized spacial score (nSPS) is 19.9. The molecule has 1 heterocycles. The van der Waals surface area contributed by atoms with Gasteiger partial charge in [-0.15, -0.1) is 0 Å². The largest absolute Gasteiger partial charge is 0.420 e. The molecule has 0 spiro atoms. The predicted molar refractivity (Wildman–Crippen MR) is 80.1 cm³/mol. The summed E-state index contributed by atoms with van der Waals surface area (Å²) in [6.07, 6.45) is 0.573. The molecule has 2 nitrogen and oxygen atoms in total. The highest BCUT2D eigenvalue weighted by Crippen LogP contribution is 2.32. The lowest BCUT2D eigenvalue weighted by Crippen LogP contribution is -2.42. The number of fused-ring (bicyclic) bond motifs is 1. The Morgan fingerprint density at radius 1 is 1.14 bits per heavy atom. The molecule has 0 amide bonds. The molecule has 0 unspecified atom stereocenters. The molecule has 1 fully saturated rings. The summed E-state index contributed by atoms with van der Waals surface area (Å²) in [6.45, 7) is 0. The number of thiocarbonyl (C=S) groups is 1. The van der Waals surface area contributed by atoms with Gasteiger partial charge in [-0.3, -0.25) is 4.79 Å². The molecular formula is C16H14F3NOS. The average molecular weight is 325 g/mol. The summed E-state index contributed by atoms with van der Waals surface area (Å²) >= 11 is 4.67. The highest BCUT2D eigenvalue weighted by molar-refractivity contribution is 7.82. The third kappa shape index (κ3) is 2.72. The molecular weight excluding hydrogens is 311 g/mol. The molecule has 0 aromatic heterocycles. The maximum Gasteiger partial charge on any atom is 0.420 e. The number of hydrogen-bond acceptors (Lipinski definition) is 2. The van der Waals surface area contributed by atoms with Crippen LogP contribution in [0.4, 0.5) is 13.2 Å². The van der Waals surface area contributed by atoms with E-state index in [4.69, 9.17) is 0 Å². The van der Waals surface area contributed by atoms with Gasteiger partial charge in [-0.2, -0.15) is 13.2 Å². The lowest BCUT2D eigenvalue weighted by atomic mass is 9.83. The van der Waals surface area contributed by atoms with Gasteiger partial charge in [-0.1, -0.05) is 37.5 Å². The molecule has 6 heteroatoms. The lowest BCUT2D eigenvalue weighted by molar-refractivity contribution is -0.115. The van der Waals surface area contributed by atoms with E-state index in [0.29, 0.717) is 0 Å². The number of nitrogens with zero attached hydrogens (tertiary/aromatic N) is 1. The third-order valence-corrected chi connectivity index (χ3v) is 4.57. The Kier molecular flexibility index (Phi) is 3.89. The summed E-state index contributed by atoms with van der Waals surface area (Å²) in [5.41, 5.74) is -0.323. The molecule has 1 aliphatic carbocycles. The molecule has 0 atom stereocenters. The summed E-state index contributed by atoms with van der Waals surface area (Å²) in [6, 6.07) is 4.84. The van der Waals surface area contributed by atoms with E-state index in [-0.39, 0.29) is 16.5 Å². The molecule has 116 valence electrons. The second kappa shape index (κ2) is 5.57. The Morgan fingerprint density at radius 2 is 1.82 bits per heavy atom. The van der Waals surface area contributed by atoms with E-state index in [1.165, 1.54) is 12.5 Å². The van der Waals surface area contributed by atoms with Crippen molar-refractivity contribution in [1.82, 2.24) is 0 Å². The Hall–Kier alpha value is -1.56. The van der Waals surface area contributed by atoms with Crippen molar-refractivity contribution >= 4 is 28.6 Å². The lowest BCUT2D eigenvalue weighted by Gasteiger charge is -2.22. The molecule has 22 heavy (non-hydrogen) atoms. The van der Waals surface area contributed by atoms with E-state index in [2.05, 4.69) is 17.2 Å². The van der Waals surface area contributed by atoms with Gasteiger partial charge < -0.3 is 0 Å². The molecule has 1 saturated carbocycles. The fraction of sp³-hybridized carbons (Fsp3) is 0.438. The minimum Gasteiger partial charge on any atom is -0.286 e. The second-order valence-electron chi connectivity index (χ2n) is 5.73. The molecule has 0 saturated heterocycles. The van der Waals surface area contributed by atoms with Crippen LogP contribution in [0.2, 0.25) is 0 Å². The van der Waals surface area contributed by atoms with Crippen molar-refractivity contribution in [1.29, 1.82) is 0 Å². The Morgan fingerprint density at radius 3 is 2.45 bits per heavy atom. The smallest absolute Gasteiger partial charge is 0.286 e. The van der Waals surface area contributed by atoms with Crippen molar-refractivity contribution in [2.45, 2.75) is 44.2 Å². The number of alkyl halides is 3. The first kappa shape index (κ1) is 15.3. The molecule has 0 N–H and O–H groups in total. The SMILES string of the molecule is O=C1C(=S)N=c2ccc(C3CCCCC3)cc2=C1C(F)(F)F. The highest BCUT2D eigenvalue weighted by atomic mass is 32.1. The molecule has 0 bridgehead atoms. The van der Waals surface area contributed by atoms with Gasteiger partial charge in [0.15, 0.2) is 4.99 Å². The molecule has 1 aromatic carbocycles. The highest BCUT2D eigenvalue weighted by Gasteiger charge is 2.42. The Balaban J connectivity index is 2.22. The molecule has 1 aromatic rings. The van der Waals surface area contributed by atoms with Crippen molar-refractivity contribution in [3.63, 3.8) is 0 Å². The third-order valence-electron chi connectivity index (χ3n) is 4.29. The first-order valence-electron chi connectivity index (χ1n) is 7.27. The first-order valence-corrected chi connectivity index (χ1v) is 7.67. The standard InChI is InChI=1S/C16H14F3NOS/c17-16(18,19)13-11-8-10(9-4-2-1-3-5-9)6-7-12(11)20-15(22)14(13)21/h6-9H,1-5H2. The van der Waals surface area contributed by atoms with Crippen LogP contribution < -0.4 is 10.6 Å². The zero-order chi connectivity index (χ0) is 15.9. The van der Waals surface area contributed by atoms with Gasteiger partial charge >= 0.3 is 6.18 Å². The van der Waals surface area contributed by atoms with Gasteiger partial charge in [0.1, 0.15) is 5.57 Å². The number of hydrogen-bond donors (Lipinski definition) is 0. The summed E-state index contributed by atoms with van der Waals surface area (Å²) < 4.78 is 39.8. The second-order valence-corrected chi connectivity index (χ2v) is 6.12. The number of ketones is 1. The van der Waals surface area contributed by atoms with E-state index < -0.39 is 22.5 Å². The van der Waals surface area contributed by atoms with Gasteiger partial charge in [0.25, 0.3) is 0 Å². The van der Waals surface area contributed by atoms with E-state index >= 15 is 0 Å². The van der Waals surface area contributed by atoms with E-state index in [1.807, 2.05) is 6.07 Å². The molecule has 1 aliphatic heterocycles. The topological polar surface area (TPSA) is 29.4 Å². The van der Waals surface area contributed by atoms with Crippen molar-refractivity contribution < 1.29 is 18.0 Å². The van der Waals surface area contributed by atoms with Crippen molar-refractivity contribution in [2.24, 2.45) is 4.99 Å². The van der Waals surface area contributed by atoms with Crippen LogP contribution in [-0.2, 0) is 4.79 Å². The van der Waals surface area contributed by atoms with Crippen LogP contribution in [0.3, 0.4) is 0 Å².